The second-order valence-electron chi connectivity index (χ2n) is 5.40. The molecule has 1 aromatic carbocycles. The summed E-state index contributed by atoms with van der Waals surface area (Å²) in [6, 6.07) is 6.10. The van der Waals surface area contributed by atoms with Crippen molar-refractivity contribution in [3.8, 4) is 0 Å². The summed E-state index contributed by atoms with van der Waals surface area (Å²) >= 11 is 0. The Kier molecular flexibility index (Phi) is 2.21. The zero-order valence-electron chi connectivity index (χ0n) is 10.1. The molecule has 2 fully saturated rings. The van der Waals surface area contributed by atoms with E-state index in [2.05, 4.69) is 10.1 Å². The number of halogens is 1. The molecule has 1 aromatic heterocycles. The molecular formula is C14H15FN2O. The molecule has 2 aliphatic rings. The van der Waals surface area contributed by atoms with E-state index in [0.29, 0.717) is 5.58 Å². The van der Waals surface area contributed by atoms with Gasteiger partial charge in [0.2, 0.25) is 0 Å². The quantitative estimate of drug-likeness (QED) is 0.815. The number of hydrogen-bond donors (Lipinski definition) is 0. The molecule has 0 radical (unpaired) electrons. The van der Waals surface area contributed by atoms with E-state index in [1.165, 1.54) is 37.8 Å². The maximum Gasteiger partial charge on any atom is 0.170 e. The zero-order chi connectivity index (χ0) is 12.1. The Labute approximate surface area is 105 Å². The smallest absolute Gasteiger partial charge is 0.170 e. The van der Waals surface area contributed by atoms with Crippen LogP contribution in [0.5, 0.6) is 0 Å². The Bertz CT molecular complexity index is 574. The van der Waals surface area contributed by atoms with E-state index < -0.39 is 0 Å². The van der Waals surface area contributed by atoms with Gasteiger partial charge in [0, 0.05) is 30.1 Å². The Balaban J connectivity index is 1.67. The predicted molar refractivity (Wildman–Crippen MR) is 65.6 cm³/mol. The zero-order valence-corrected chi connectivity index (χ0v) is 10.1. The molecule has 0 atom stereocenters. The summed E-state index contributed by atoms with van der Waals surface area (Å²) in [4.78, 5) is 2.54. The Morgan fingerprint density at radius 1 is 1.22 bits per heavy atom. The molecule has 2 aliphatic heterocycles. The first-order valence-electron chi connectivity index (χ1n) is 6.61. The number of fused-ring (bicyclic) bond motifs is 3. The maximum absolute atomic E-state index is 13.1. The number of benzene rings is 1. The third-order valence-corrected chi connectivity index (χ3v) is 4.45. The number of nitrogens with zero attached hydrogens (tertiary/aromatic N) is 2. The molecule has 4 heteroatoms. The fraction of sp³-hybridized carbons (Fsp3) is 0.500. The molecule has 2 bridgehead atoms. The average Bonchev–Trinajstić information content (AvgIpc) is 3.05. The van der Waals surface area contributed by atoms with Crippen molar-refractivity contribution < 1.29 is 8.91 Å². The summed E-state index contributed by atoms with van der Waals surface area (Å²) in [6.45, 7) is 0.841. The number of rotatable bonds is 2. The van der Waals surface area contributed by atoms with Gasteiger partial charge in [0.25, 0.3) is 0 Å². The standard InChI is InChI=1S/C14H15FN2O/c15-9-1-6-12-13(16-18-14(12)7-9)8-17-10-2-3-11(17)5-4-10/h1,6-7,10-11H,2-5,8H2. The van der Waals surface area contributed by atoms with Crippen LogP contribution in [0.2, 0.25) is 0 Å². The fourth-order valence-corrected chi connectivity index (χ4v) is 3.53. The minimum Gasteiger partial charge on any atom is -0.356 e. The van der Waals surface area contributed by atoms with E-state index in [1.807, 2.05) is 0 Å². The van der Waals surface area contributed by atoms with Crippen LogP contribution in [0.25, 0.3) is 11.0 Å². The highest BCUT2D eigenvalue weighted by molar-refractivity contribution is 5.79. The summed E-state index contributed by atoms with van der Waals surface area (Å²) in [5.41, 5.74) is 1.50. The second kappa shape index (κ2) is 3.79. The fourth-order valence-electron chi connectivity index (χ4n) is 3.53. The molecule has 3 nitrogen and oxygen atoms in total. The van der Waals surface area contributed by atoms with Gasteiger partial charge in [0.1, 0.15) is 11.5 Å². The van der Waals surface area contributed by atoms with Crippen LogP contribution < -0.4 is 0 Å². The van der Waals surface area contributed by atoms with E-state index in [0.717, 1.165) is 29.7 Å². The molecular weight excluding hydrogens is 231 g/mol. The van der Waals surface area contributed by atoms with Crippen molar-refractivity contribution >= 4 is 11.0 Å². The van der Waals surface area contributed by atoms with Gasteiger partial charge in [-0.25, -0.2) is 4.39 Å². The Hall–Kier alpha value is -1.42. The summed E-state index contributed by atoms with van der Waals surface area (Å²) in [5, 5.41) is 5.06. The summed E-state index contributed by atoms with van der Waals surface area (Å²) in [6.07, 6.45) is 5.26. The molecule has 0 amide bonds. The third-order valence-electron chi connectivity index (χ3n) is 4.45. The molecule has 0 saturated carbocycles. The normalized spacial score (nSPS) is 27.4. The van der Waals surface area contributed by atoms with Crippen molar-refractivity contribution in [2.75, 3.05) is 0 Å². The van der Waals surface area contributed by atoms with Gasteiger partial charge in [-0.1, -0.05) is 5.16 Å². The van der Waals surface area contributed by atoms with E-state index in [1.54, 1.807) is 6.07 Å². The van der Waals surface area contributed by atoms with E-state index in [-0.39, 0.29) is 5.82 Å². The van der Waals surface area contributed by atoms with Crippen molar-refractivity contribution in [2.24, 2.45) is 0 Å². The van der Waals surface area contributed by atoms with E-state index in [4.69, 9.17) is 4.52 Å². The average molecular weight is 246 g/mol. The lowest BCUT2D eigenvalue weighted by Crippen LogP contribution is -2.27. The van der Waals surface area contributed by atoms with Gasteiger partial charge in [0.05, 0.1) is 0 Å². The highest BCUT2D eigenvalue weighted by atomic mass is 19.1. The molecule has 94 valence electrons. The first-order chi connectivity index (χ1) is 8.81. The van der Waals surface area contributed by atoms with Crippen molar-refractivity contribution in [2.45, 2.75) is 44.3 Å². The van der Waals surface area contributed by atoms with Gasteiger partial charge >= 0.3 is 0 Å². The van der Waals surface area contributed by atoms with Crippen molar-refractivity contribution in [1.82, 2.24) is 10.1 Å². The van der Waals surface area contributed by atoms with Crippen LogP contribution >= 0.6 is 0 Å². The number of hydrogen-bond acceptors (Lipinski definition) is 3. The van der Waals surface area contributed by atoms with Crippen molar-refractivity contribution in [3.05, 3.63) is 29.7 Å². The molecule has 0 spiro atoms. The lowest BCUT2D eigenvalue weighted by Gasteiger charge is -2.19. The van der Waals surface area contributed by atoms with Gasteiger partial charge in [0.15, 0.2) is 5.58 Å². The first kappa shape index (κ1) is 10.5. The highest BCUT2D eigenvalue weighted by Crippen LogP contribution is 2.38. The predicted octanol–water partition coefficient (Wildman–Crippen LogP) is 3.09. The molecule has 0 N–H and O–H groups in total. The minimum atomic E-state index is -0.272. The van der Waals surface area contributed by atoms with Crippen molar-refractivity contribution in [1.29, 1.82) is 0 Å². The maximum atomic E-state index is 13.1. The van der Waals surface area contributed by atoms with Crippen LogP contribution in [0.4, 0.5) is 4.39 Å². The van der Waals surface area contributed by atoms with Crippen LogP contribution in [0, 0.1) is 5.82 Å². The molecule has 3 heterocycles. The van der Waals surface area contributed by atoms with E-state index in [9.17, 15) is 4.39 Å². The van der Waals surface area contributed by atoms with Crippen LogP contribution in [0.3, 0.4) is 0 Å². The molecule has 18 heavy (non-hydrogen) atoms. The van der Waals surface area contributed by atoms with Crippen LogP contribution in [0.1, 0.15) is 31.4 Å². The minimum absolute atomic E-state index is 0.272. The van der Waals surface area contributed by atoms with Gasteiger partial charge in [-0.2, -0.15) is 0 Å². The number of aromatic nitrogens is 1. The largest absolute Gasteiger partial charge is 0.356 e. The summed E-state index contributed by atoms with van der Waals surface area (Å²) in [7, 11) is 0. The van der Waals surface area contributed by atoms with Crippen molar-refractivity contribution in [3.63, 3.8) is 0 Å². The first-order valence-corrected chi connectivity index (χ1v) is 6.61. The summed E-state index contributed by atoms with van der Waals surface area (Å²) in [5.74, 6) is -0.272. The second-order valence-corrected chi connectivity index (χ2v) is 5.40. The van der Waals surface area contributed by atoms with Gasteiger partial charge in [-0.15, -0.1) is 0 Å². The summed E-state index contributed by atoms with van der Waals surface area (Å²) < 4.78 is 18.3. The van der Waals surface area contributed by atoms with E-state index >= 15 is 0 Å². The van der Waals surface area contributed by atoms with Gasteiger partial charge < -0.3 is 4.52 Å². The molecule has 2 aromatic rings. The van der Waals surface area contributed by atoms with Gasteiger partial charge in [-0.3, -0.25) is 4.90 Å². The molecule has 0 aliphatic carbocycles. The molecule has 0 unspecified atom stereocenters. The SMILES string of the molecule is Fc1ccc2c(CN3C4CCC3CC4)noc2c1. The topological polar surface area (TPSA) is 29.3 Å². The monoisotopic (exact) mass is 246 g/mol. The Morgan fingerprint density at radius 2 is 1.94 bits per heavy atom. The van der Waals surface area contributed by atoms with Crippen LogP contribution in [-0.2, 0) is 6.54 Å². The molecule has 2 saturated heterocycles. The molecule has 4 rings (SSSR count). The van der Waals surface area contributed by atoms with Crippen LogP contribution in [-0.4, -0.2) is 22.1 Å². The third kappa shape index (κ3) is 1.48. The lowest BCUT2D eigenvalue weighted by atomic mass is 10.0. The Morgan fingerprint density at radius 3 is 2.67 bits per heavy atom. The van der Waals surface area contributed by atoms with Crippen LogP contribution in [0.15, 0.2) is 22.7 Å². The van der Waals surface area contributed by atoms with Gasteiger partial charge in [-0.05, 0) is 37.8 Å². The lowest BCUT2D eigenvalue weighted by molar-refractivity contribution is 0.237. The highest BCUT2D eigenvalue weighted by Gasteiger charge is 2.39.